The first-order chi connectivity index (χ1) is 10.9. The number of benzene rings is 2. The van der Waals surface area contributed by atoms with E-state index in [1.165, 1.54) is 33.4 Å². The van der Waals surface area contributed by atoms with Crippen LogP contribution in [0.1, 0.15) is 37.5 Å². The molecule has 0 N–H and O–H groups in total. The molecule has 2 aromatic rings. The number of hydrogen-bond donors (Lipinski definition) is 0. The molecule has 0 radical (unpaired) electrons. The van der Waals surface area contributed by atoms with Gasteiger partial charge in [-0.15, -0.1) is 0 Å². The Morgan fingerprint density at radius 3 is 2.09 bits per heavy atom. The summed E-state index contributed by atoms with van der Waals surface area (Å²) in [5.74, 6) is 0. The highest BCUT2D eigenvalue weighted by molar-refractivity contribution is 5.78. The van der Waals surface area contributed by atoms with Crippen molar-refractivity contribution in [2.24, 2.45) is 0 Å². The van der Waals surface area contributed by atoms with Crippen molar-refractivity contribution in [3.63, 3.8) is 0 Å². The molecule has 0 amide bonds. The molecule has 0 bridgehead atoms. The van der Waals surface area contributed by atoms with E-state index < -0.39 is 0 Å². The maximum Gasteiger partial charge on any atom is -0.0109 e. The molecule has 2 aromatic carbocycles. The molecule has 0 aliphatic heterocycles. The lowest BCUT2D eigenvalue weighted by Gasteiger charge is -2.19. The lowest BCUT2D eigenvalue weighted by Crippen LogP contribution is -2.10. The molecule has 3 rings (SSSR count). The number of hydrogen-bond acceptors (Lipinski definition) is 0. The average Bonchev–Trinajstić information content (AvgIpc) is 3.01. The van der Waals surface area contributed by atoms with Gasteiger partial charge in [0.15, 0.2) is 0 Å². The van der Waals surface area contributed by atoms with Crippen LogP contribution in [-0.2, 0) is 5.41 Å². The topological polar surface area (TPSA) is 0 Å². The van der Waals surface area contributed by atoms with Gasteiger partial charge >= 0.3 is 0 Å². The predicted molar refractivity (Wildman–Crippen MR) is 102 cm³/mol. The minimum absolute atomic E-state index is 0.190. The van der Waals surface area contributed by atoms with Crippen LogP contribution in [0.5, 0.6) is 0 Å². The zero-order valence-corrected chi connectivity index (χ0v) is 14.4. The lowest BCUT2D eigenvalue weighted by atomic mass is 9.85. The molecule has 0 heterocycles. The summed E-state index contributed by atoms with van der Waals surface area (Å²) < 4.78 is 0. The van der Waals surface area contributed by atoms with Crippen LogP contribution in [0.3, 0.4) is 0 Å². The quantitative estimate of drug-likeness (QED) is 0.596. The summed E-state index contributed by atoms with van der Waals surface area (Å²) in [6.45, 7) is 8.91. The lowest BCUT2D eigenvalue weighted by molar-refractivity contribution is 0.590. The molecule has 0 nitrogen and oxygen atoms in total. The minimum atomic E-state index is 0.190. The van der Waals surface area contributed by atoms with Gasteiger partial charge in [0, 0.05) is 0 Å². The van der Waals surface area contributed by atoms with Gasteiger partial charge in [0.2, 0.25) is 0 Å². The van der Waals surface area contributed by atoms with Crippen molar-refractivity contribution in [1.29, 1.82) is 0 Å². The normalized spacial score (nSPS) is 13.7. The summed E-state index contributed by atoms with van der Waals surface area (Å²) in [6, 6.07) is 15.7. The highest BCUT2D eigenvalue weighted by Crippen LogP contribution is 2.30. The molecule has 116 valence electrons. The van der Waals surface area contributed by atoms with Gasteiger partial charge in [-0.3, -0.25) is 0 Å². The van der Waals surface area contributed by atoms with Gasteiger partial charge < -0.3 is 0 Å². The van der Waals surface area contributed by atoms with Gasteiger partial charge in [-0.05, 0) is 46.2 Å². The van der Waals surface area contributed by atoms with Gasteiger partial charge in [-0.1, -0.05) is 93.1 Å². The molecule has 23 heavy (non-hydrogen) atoms. The summed E-state index contributed by atoms with van der Waals surface area (Å²) in [6.07, 6.45) is 10.7. The summed E-state index contributed by atoms with van der Waals surface area (Å²) in [5, 5.41) is 0. The third-order valence-corrected chi connectivity index (χ3v) is 4.28. The fourth-order valence-corrected chi connectivity index (χ4v) is 2.86. The summed E-state index contributed by atoms with van der Waals surface area (Å²) in [7, 11) is 0. The van der Waals surface area contributed by atoms with E-state index in [1.54, 1.807) is 0 Å². The minimum Gasteiger partial charge on any atom is -0.0617 e. The monoisotopic (exact) mass is 300 g/mol. The highest BCUT2D eigenvalue weighted by Gasteiger charge is 2.13. The highest BCUT2D eigenvalue weighted by atomic mass is 14.2. The maximum absolute atomic E-state index is 2.28. The molecule has 0 fully saturated rings. The fourth-order valence-electron chi connectivity index (χ4n) is 2.86. The largest absolute Gasteiger partial charge is 0.0617 e. The van der Waals surface area contributed by atoms with Crippen LogP contribution in [0.25, 0.3) is 17.2 Å². The SMILES string of the molecule is Cc1ccc(C=C2C=CC=C2)c(-c2ccc(C(C)(C)C)cc2)c1. The second-order valence-electron chi connectivity index (χ2n) is 7.28. The molecule has 0 saturated carbocycles. The van der Waals surface area contributed by atoms with Gasteiger partial charge in [0.05, 0.1) is 0 Å². The summed E-state index contributed by atoms with van der Waals surface area (Å²) >= 11 is 0. The van der Waals surface area contributed by atoms with Crippen LogP contribution in [0, 0.1) is 6.92 Å². The maximum atomic E-state index is 2.28. The molecule has 0 atom stereocenters. The Kier molecular flexibility index (Phi) is 4.09. The third-order valence-electron chi connectivity index (χ3n) is 4.28. The Balaban J connectivity index is 2.05. The third kappa shape index (κ3) is 3.53. The molecule has 1 aliphatic carbocycles. The fraction of sp³-hybridized carbons (Fsp3) is 0.217. The molecular formula is C23H24. The van der Waals surface area contributed by atoms with Gasteiger partial charge in [0.1, 0.15) is 0 Å². The Labute approximate surface area is 139 Å². The van der Waals surface area contributed by atoms with Crippen LogP contribution < -0.4 is 0 Å². The number of rotatable bonds is 2. The van der Waals surface area contributed by atoms with Gasteiger partial charge in [0.25, 0.3) is 0 Å². The summed E-state index contributed by atoms with van der Waals surface area (Å²) in [5.41, 5.74) is 7.95. The average molecular weight is 300 g/mol. The van der Waals surface area contributed by atoms with Crippen molar-refractivity contribution in [2.45, 2.75) is 33.1 Å². The second kappa shape index (κ2) is 6.04. The van der Waals surface area contributed by atoms with E-state index in [4.69, 9.17) is 0 Å². The molecule has 0 saturated heterocycles. The van der Waals surface area contributed by atoms with E-state index in [-0.39, 0.29) is 5.41 Å². The molecule has 0 aromatic heterocycles. The predicted octanol–water partition coefficient (Wildman–Crippen LogP) is 6.47. The van der Waals surface area contributed by atoms with E-state index in [0.717, 1.165) is 0 Å². The van der Waals surface area contributed by atoms with Crippen molar-refractivity contribution < 1.29 is 0 Å². The molecular weight excluding hydrogens is 276 g/mol. The Bertz CT molecular complexity index is 777. The summed E-state index contributed by atoms with van der Waals surface area (Å²) in [4.78, 5) is 0. The molecule has 0 heteroatoms. The Hall–Kier alpha value is -2.34. The smallest absolute Gasteiger partial charge is 0.0109 e. The zero-order valence-electron chi connectivity index (χ0n) is 14.4. The van der Waals surface area contributed by atoms with Crippen molar-refractivity contribution in [1.82, 2.24) is 0 Å². The van der Waals surface area contributed by atoms with Crippen molar-refractivity contribution >= 4 is 6.08 Å². The van der Waals surface area contributed by atoms with Crippen LogP contribution in [-0.4, -0.2) is 0 Å². The number of aryl methyl sites for hydroxylation is 1. The molecule has 0 unspecified atom stereocenters. The first-order valence-electron chi connectivity index (χ1n) is 8.21. The zero-order chi connectivity index (χ0) is 16.4. The van der Waals surface area contributed by atoms with Crippen molar-refractivity contribution in [3.8, 4) is 11.1 Å². The van der Waals surface area contributed by atoms with E-state index in [2.05, 4.69) is 101 Å². The number of allylic oxidation sites excluding steroid dienone is 5. The van der Waals surface area contributed by atoms with Crippen molar-refractivity contribution in [3.05, 3.63) is 89.0 Å². The molecule has 1 aliphatic rings. The molecule has 0 spiro atoms. The first kappa shape index (κ1) is 15.6. The first-order valence-corrected chi connectivity index (χ1v) is 8.21. The van der Waals surface area contributed by atoms with Crippen LogP contribution >= 0.6 is 0 Å². The van der Waals surface area contributed by atoms with Crippen LogP contribution in [0.4, 0.5) is 0 Å². The van der Waals surface area contributed by atoms with Crippen LogP contribution in [0.15, 0.2) is 72.3 Å². The van der Waals surface area contributed by atoms with Gasteiger partial charge in [-0.2, -0.15) is 0 Å². The van der Waals surface area contributed by atoms with Crippen molar-refractivity contribution in [2.75, 3.05) is 0 Å². The van der Waals surface area contributed by atoms with E-state index >= 15 is 0 Å². The van der Waals surface area contributed by atoms with Crippen LogP contribution in [0.2, 0.25) is 0 Å². The second-order valence-corrected chi connectivity index (χ2v) is 7.28. The van der Waals surface area contributed by atoms with E-state index in [0.29, 0.717) is 0 Å². The Morgan fingerprint density at radius 2 is 1.48 bits per heavy atom. The van der Waals surface area contributed by atoms with E-state index in [1.807, 2.05) is 0 Å². The van der Waals surface area contributed by atoms with Gasteiger partial charge in [-0.25, -0.2) is 0 Å². The Morgan fingerprint density at radius 1 is 0.826 bits per heavy atom. The standard InChI is InChI=1S/C23H24/c1-17-9-10-20(16-18-7-5-6-8-18)22(15-17)19-11-13-21(14-12-19)23(2,3)4/h5-16H,1-4H3. The van der Waals surface area contributed by atoms with E-state index in [9.17, 15) is 0 Å².